The van der Waals surface area contributed by atoms with Gasteiger partial charge in [0.25, 0.3) is 0 Å². The van der Waals surface area contributed by atoms with E-state index >= 15 is 0 Å². The fourth-order valence-corrected chi connectivity index (χ4v) is 1.49. The van der Waals surface area contributed by atoms with Gasteiger partial charge in [-0.1, -0.05) is 23.2 Å². The Bertz CT molecular complexity index is 348. The van der Waals surface area contributed by atoms with Crippen LogP contribution in [0.3, 0.4) is 0 Å². The van der Waals surface area contributed by atoms with Crippen molar-refractivity contribution >= 4 is 35.1 Å². The van der Waals surface area contributed by atoms with Gasteiger partial charge in [0.2, 0.25) is 0 Å². The summed E-state index contributed by atoms with van der Waals surface area (Å²) in [6.07, 6.45) is 1.35. The van der Waals surface area contributed by atoms with E-state index in [4.69, 9.17) is 23.2 Å². The topological polar surface area (TPSA) is 55.9 Å². The Balaban J connectivity index is 2.88. The zero-order valence-corrected chi connectivity index (χ0v) is 9.98. The van der Waals surface area contributed by atoms with E-state index in [1.54, 1.807) is 13.8 Å². The molecule has 1 aliphatic rings. The zero-order chi connectivity index (χ0) is 11.9. The first-order chi connectivity index (χ1) is 6.74. The highest BCUT2D eigenvalue weighted by Crippen LogP contribution is 2.44. The average Bonchev–Trinajstić information content (AvgIpc) is 2.74. The van der Waals surface area contributed by atoms with Crippen molar-refractivity contribution in [3.8, 4) is 0 Å². The van der Waals surface area contributed by atoms with Crippen LogP contribution in [0.15, 0.2) is 11.1 Å². The highest BCUT2D eigenvalue weighted by atomic mass is 35.5. The summed E-state index contributed by atoms with van der Waals surface area (Å²) in [4.78, 5) is 22.1. The summed E-state index contributed by atoms with van der Waals surface area (Å²) < 4.78 is 9.06. The molecule has 1 fully saturated rings. The highest BCUT2D eigenvalue weighted by molar-refractivity contribution is 6.49. The molecule has 0 amide bonds. The van der Waals surface area contributed by atoms with Gasteiger partial charge in [0.1, 0.15) is 0 Å². The van der Waals surface area contributed by atoms with Crippen LogP contribution < -0.4 is 0 Å². The second-order valence-corrected chi connectivity index (χ2v) is 4.63. The largest absolute Gasteiger partial charge is 0.468 e. The summed E-state index contributed by atoms with van der Waals surface area (Å²) in [6, 6.07) is 0. The maximum absolute atomic E-state index is 11.3. The molecule has 0 aromatic carbocycles. The molecule has 0 aliphatic carbocycles. The number of epoxide rings is 1. The van der Waals surface area contributed by atoms with Crippen molar-refractivity contribution in [2.75, 3.05) is 7.11 Å². The Labute approximate surface area is 97.1 Å². The van der Waals surface area contributed by atoms with Gasteiger partial charge in [-0.15, -0.1) is 0 Å². The third-order valence-corrected chi connectivity index (χ3v) is 2.87. The summed E-state index contributed by atoms with van der Waals surface area (Å²) in [6.45, 7) is 3.18. The second-order valence-electron chi connectivity index (χ2n) is 3.69. The molecule has 0 N–H and O–H groups in total. The van der Waals surface area contributed by atoms with E-state index in [2.05, 4.69) is 9.47 Å². The van der Waals surface area contributed by atoms with E-state index in [9.17, 15) is 9.59 Å². The van der Waals surface area contributed by atoms with E-state index < -0.39 is 22.4 Å². The third-order valence-electron chi connectivity index (χ3n) is 1.96. The molecule has 0 spiro atoms. The fourth-order valence-electron chi connectivity index (χ4n) is 0.980. The number of ether oxygens (including phenoxy) is 2. The lowest BCUT2D eigenvalue weighted by Gasteiger charge is -2.17. The lowest BCUT2D eigenvalue weighted by molar-refractivity contribution is -0.148. The van der Waals surface area contributed by atoms with E-state index in [0.717, 1.165) is 0 Å². The summed E-state index contributed by atoms with van der Waals surface area (Å²) in [5, 5.41) is -1.61. The number of esters is 1. The van der Waals surface area contributed by atoms with Crippen molar-refractivity contribution < 1.29 is 19.1 Å². The van der Waals surface area contributed by atoms with Crippen LogP contribution in [-0.4, -0.2) is 24.1 Å². The maximum Gasteiger partial charge on any atom is 0.375 e. The lowest BCUT2D eigenvalue weighted by atomic mass is 9.93. The first-order valence-corrected chi connectivity index (χ1v) is 4.89. The van der Waals surface area contributed by atoms with E-state index in [0.29, 0.717) is 0 Å². The summed E-state index contributed by atoms with van der Waals surface area (Å²) in [7, 11) is 1.26. The van der Waals surface area contributed by atoms with Gasteiger partial charge < -0.3 is 9.47 Å². The number of halogens is 2. The van der Waals surface area contributed by atoms with Crippen molar-refractivity contribution in [3.05, 3.63) is 11.1 Å². The summed E-state index contributed by atoms with van der Waals surface area (Å²) in [5.41, 5.74) is -0.958. The molecule has 1 rings (SSSR count). The molecule has 15 heavy (non-hydrogen) atoms. The number of carbonyl (C=O) groups excluding carboxylic acids is 2. The molecular weight excluding hydrogens is 243 g/mol. The SMILES string of the molecule is COC(=O)C(C)(C)C=C(Cl)C1(Cl)OC1=O. The van der Waals surface area contributed by atoms with Crippen LogP contribution in [0.1, 0.15) is 13.8 Å². The molecule has 1 atom stereocenters. The highest BCUT2D eigenvalue weighted by Gasteiger charge is 2.60. The molecule has 0 saturated carbocycles. The lowest BCUT2D eigenvalue weighted by Crippen LogP contribution is -2.24. The Hall–Kier alpha value is -0.740. The molecule has 1 aliphatic heterocycles. The van der Waals surface area contributed by atoms with Gasteiger partial charge in [-0.25, -0.2) is 4.79 Å². The molecule has 0 aromatic rings. The van der Waals surface area contributed by atoms with Crippen LogP contribution in [0, 0.1) is 5.41 Å². The molecule has 1 saturated heterocycles. The van der Waals surface area contributed by atoms with E-state index in [1.807, 2.05) is 0 Å². The number of rotatable bonds is 3. The number of alkyl halides is 1. The summed E-state index contributed by atoms with van der Waals surface area (Å²) >= 11 is 11.5. The van der Waals surface area contributed by atoms with Crippen LogP contribution in [0.2, 0.25) is 0 Å². The van der Waals surface area contributed by atoms with E-state index in [1.165, 1.54) is 13.2 Å². The van der Waals surface area contributed by atoms with E-state index in [-0.39, 0.29) is 5.03 Å². The normalized spacial score (nSPS) is 25.9. The maximum atomic E-state index is 11.3. The third kappa shape index (κ3) is 2.26. The number of hydrogen-bond donors (Lipinski definition) is 0. The van der Waals surface area contributed by atoms with Gasteiger partial charge in [-0.2, -0.15) is 0 Å². The minimum absolute atomic E-state index is 0.0235. The first kappa shape index (κ1) is 12.3. The van der Waals surface area contributed by atoms with Gasteiger partial charge in [0.05, 0.1) is 17.6 Å². The fraction of sp³-hybridized carbons (Fsp3) is 0.556. The monoisotopic (exact) mass is 252 g/mol. The average molecular weight is 253 g/mol. The quantitative estimate of drug-likeness (QED) is 0.437. The minimum Gasteiger partial charge on any atom is -0.468 e. The molecule has 1 heterocycles. The smallest absolute Gasteiger partial charge is 0.375 e. The van der Waals surface area contributed by atoms with Crippen LogP contribution in [0.5, 0.6) is 0 Å². The number of hydrogen-bond acceptors (Lipinski definition) is 4. The number of cyclic esters (lactones) is 1. The van der Waals surface area contributed by atoms with Crippen molar-refractivity contribution in [1.82, 2.24) is 0 Å². The van der Waals surface area contributed by atoms with Gasteiger partial charge in [0, 0.05) is 0 Å². The van der Waals surface area contributed by atoms with Crippen molar-refractivity contribution in [3.63, 3.8) is 0 Å². The molecule has 84 valence electrons. The first-order valence-electron chi connectivity index (χ1n) is 4.13. The van der Waals surface area contributed by atoms with Gasteiger partial charge >= 0.3 is 17.0 Å². The second kappa shape index (κ2) is 3.68. The van der Waals surface area contributed by atoms with Crippen molar-refractivity contribution in [1.29, 1.82) is 0 Å². The molecule has 4 nitrogen and oxygen atoms in total. The number of carbonyl (C=O) groups is 2. The van der Waals surface area contributed by atoms with Crippen LogP contribution in [0.25, 0.3) is 0 Å². The van der Waals surface area contributed by atoms with Crippen LogP contribution in [-0.2, 0) is 19.1 Å². The molecule has 6 heteroatoms. The van der Waals surface area contributed by atoms with Crippen molar-refractivity contribution in [2.24, 2.45) is 5.41 Å². The van der Waals surface area contributed by atoms with Gasteiger partial charge in [-0.05, 0) is 19.9 Å². The molecule has 0 aromatic heterocycles. The van der Waals surface area contributed by atoms with Crippen LogP contribution >= 0.6 is 23.2 Å². The van der Waals surface area contributed by atoms with Crippen molar-refractivity contribution in [2.45, 2.75) is 18.9 Å². The number of methoxy groups -OCH3 is 1. The Morgan fingerprint density at radius 3 is 2.40 bits per heavy atom. The Morgan fingerprint density at radius 1 is 1.60 bits per heavy atom. The van der Waals surface area contributed by atoms with Gasteiger partial charge in [0.15, 0.2) is 0 Å². The molecule has 1 unspecified atom stereocenters. The Morgan fingerprint density at radius 2 is 2.07 bits per heavy atom. The predicted octanol–water partition coefficient (Wildman–Crippen LogP) is 1.80. The molecule has 0 radical (unpaired) electrons. The summed E-state index contributed by atoms with van der Waals surface area (Å²) in [5.74, 6) is -1.10. The van der Waals surface area contributed by atoms with Crippen LogP contribution in [0.4, 0.5) is 0 Å². The Kier molecular flexibility index (Phi) is 3.03. The zero-order valence-electron chi connectivity index (χ0n) is 8.47. The minimum atomic E-state index is -1.59. The standard InChI is InChI=1S/C9H10Cl2O4/c1-8(2,6(12)14-3)4-5(10)9(11)7(13)15-9/h4H,1-3H3. The molecule has 0 bridgehead atoms. The predicted molar refractivity (Wildman–Crippen MR) is 54.4 cm³/mol. The van der Waals surface area contributed by atoms with Gasteiger partial charge in [-0.3, -0.25) is 4.79 Å². The molecular formula is C9H10Cl2O4.